The molecular weight excluding hydrogens is 417 g/mol. The summed E-state index contributed by atoms with van der Waals surface area (Å²) < 4.78 is 47.3. The molecule has 31 heavy (non-hydrogen) atoms. The number of benzene rings is 2. The van der Waals surface area contributed by atoms with Gasteiger partial charge in [0.15, 0.2) is 0 Å². The number of rotatable bonds is 6. The Balaban J connectivity index is 1.98. The second kappa shape index (κ2) is 8.84. The molecule has 7 nitrogen and oxygen atoms in total. The topological polar surface area (TPSA) is 96.9 Å². The standard InChI is InChI=1S/C21H21F3N2O5/c1-11-5-7-14(20(28)29)12(2)18(11)25-15-8-6-13(31-21(22,23)24)10-16(15)26-19(27)17-4-3-9-30-17/h5-8,10,17,25H,3-4,9H2,1-2H3,(H,26,27)(H,28,29)/t17-/m1/s1. The number of ether oxygens (including phenoxy) is 2. The Labute approximate surface area is 176 Å². The molecule has 2 aromatic carbocycles. The van der Waals surface area contributed by atoms with E-state index in [1.807, 2.05) is 0 Å². The third kappa shape index (κ3) is 5.46. The van der Waals surface area contributed by atoms with Gasteiger partial charge in [0.1, 0.15) is 11.9 Å². The minimum absolute atomic E-state index is 0.0433. The largest absolute Gasteiger partial charge is 0.573 e. The maximum absolute atomic E-state index is 12.7. The number of nitrogens with one attached hydrogen (secondary N) is 2. The third-order valence-electron chi connectivity index (χ3n) is 4.87. The zero-order valence-electron chi connectivity index (χ0n) is 16.8. The monoisotopic (exact) mass is 438 g/mol. The van der Waals surface area contributed by atoms with Crippen molar-refractivity contribution in [1.29, 1.82) is 0 Å². The number of aryl methyl sites for hydroxylation is 1. The lowest BCUT2D eigenvalue weighted by Crippen LogP contribution is -2.27. The maximum Gasteiger partial charge on any atom is 0.573 e. The van der Waals surface area contributed by atoms with Crippen molar-refractivity contribution in [1.82, 2.24) is 0 Å². The van der Waals surface area contributed by atoms with Gasteiger partial charge in [0.25, 0.3) is 5.91 Å². The lowest BCUT2D eigenvalue weighted by molar-refractivity contribution is -0.274. The molecule has 0 bridgehead atoms. The summed E-state index contributed by atoms with van der Waals surface area (Å²) in [7, 11) is 0. The Kier molecular flexibility index (Phi) is 6.40. The summed E-state index contributed by atoms with van der Waals surface area (Å²) in [6.45, 7) is 3.80. The van der Waals surface area contributed by atoms with E-state index < -0.39 is 30.1 Å². The number of carboxylic acids is 1. The lowest BCUT2D eigenvalue weighted by Gasteiger charge is -2.20. The fourth-order valence-electron chi connectivity index (χ4n) is 3.34. The quantitative estimate of drug-likeness (QED) is 0.602. The second-order valence-corrected chi connectivity index (χ2v) is 7.11. The Morgan fingerprint density at radius 1 is 1.16 bits per heavy atom. The number of carbonyl (C=O) groups excluding carboxylic acids is 1. The highest BCUT2D eigenvalue weighted by Gasteiger charge is 2.32. The van der Waals surface area contributed by atoms with Crippen LogP contribution >= 0.6 is 0 Å². The molecule has 1 saturated heterocycles. The van der Waals surface area contributed by atoms with Crippen LogP contribution in [-0.2, 0) is 9.53 Å². The summed E-state index contributed by atoms with van der Waals surface area (Å²) in [5, 5.41) is 15.0. The molecule has 2 aromatic rings. The van der Waals surface area contributed by atoms with Crippen molar-refractivity contribution >= 4 is 28.9 Å². The van der Waals surface area contributed by atoms with Gasteiger partial charge >= 0.3 is 12.3 Å². The third-order valence-corrected chi connectivity index (χ3v) is 4.87. The van der Waals surface area contributed by atoms with Crippen LogP contribution in [0.3, 0.4) is 0 Å². The first-order valence-corrected chi connectivity index (χ1v) is 9.48. The summed E-state index contributed by atoms with van der Waals surface area (Å²) in [6, 6.07) is 6.55. The number of carboxylic acid groups (broad SMARTS) is 1. The number of carbonyl (C=O) groups is 2. The average Bonchev–Trinajstić information content (AvgIpc) is 3.20. The first kappa shape index (κ1) is 22.4. The van der Waals surface area contributed by atoms with Crippen LogP contribution in [0.2, 0.25) is 0 Å². The molecule has 3 rings (SSSR count). The normalized spacial score (nSPS) is 16.1. The van der Waals surface area contributed by atoms with E-state index in [2.05, 4.69) is 15.4 Å². The molecule has 0 radical (unpaired) electrons. The fraction of sp³-hybridized carbons (Fsp3) is 0.333. The molecule has 0 aliphatic carbocycles. The van der Waals surface area contributed by atoms with Gasteiger partial charge < -0.3 is 25.2 Å². The van der Waals surface area contributed by atoms with Crippen LogP contribution in [0.15, 0.2) is 30.3 Å². The molecule has 10 heteroatoms. The van der Waals surface area contributed by atoms with E-state index >= 15 is 0 Å². The summed E-state index contributed by atoms with van der Waals surface area (Å²) in [5.41, 5.74) is 2.03. The van der Waals surface area contributed by atoms with E-state index in [1.54, 1.807) is 19.9 Å². The van der Waals surface area contributed by atoms with E-state index in [-0.39, 0.29) is 16.9 Å². The van der Waals surface area contributed by atoms with Gasteiger partial charge in [-0.2, -0.15) is 0 Å². The number of anilines is 3. The van der Waals surface area contributed by atoms with E-state index in [4.69, 9.17) is 4.74 Å². The minimum atomic E-state index is -4.90. The highest BCUT2D eigenvalue weighted by atomic mass is 19.4. The fourth-order valence-corrected chi connectivity index (χ4v) is 3.34. The highest BCUT2D eigenvalue weighted by Crippen LogP contribution is 2.35. The molecule has 166 valence electrons. The van der Waals surface area contributed by atoms with E-state index in [0.717, 1.165) is 17.7 Å². The van der Waals surface area contributed by atoms with Crippen LogP contribution in [0.25, 0.3) is 0 Å². The molecule has 3 N–H and O–H groups in total. The van der Waals surface area contributed by atoms with Gasteiger partial charge in [-0.05, 0) is 56.0 Å². The number of alkyl halides is 3. The molecule has 1 aliphatic rings. The van der Waals surface area contributed by atoms with Gasteiger partial charge in [-0.15, -0.1) is 13.2 Å². The maximum atomic E-state index is 12.7. The highest BCUT2D eigenvalue weighted by molar-refractivity contribution is 5.98. The van der Waals surface area contributed by atoms with Crippen molar-refractivity contribution in [3.63, 3.8) is 0 Å². The number of hydrogen-bond acceptors (Lipinski definition) is 5. The summed E-state index contributed by atoms with van der Waals surface area (Å²) in [6.07, 6.45) is -4.38. The minimum Gasteiger partial charge on any atom is -0.478 e. The molecule has 1 atom stereocenters. The number of amides is 1. The molecule has 1 fully saturated rings. The Hall–Kier alpha value is -3.27. The van der Waals surface area contributed by atoms with Crippen LogP contribution in [0.1, 0.15) is 34.3 Å². The Morgan fingerprint density at radius 2 is 1.90 bits per heavy atom. The predicted octanol–water partition coefficient (Wildman–Crippen LogP) is 4.76. The van der Waals surface area contributed by atoms with Gasteiger partial charge in [-0.3, -0.25) is 4.79 Å². The SMILES string of the molecule is Cc1ccc(C(=O)O)c(C)c1Nc1ccc(OC(F)(F)F)cc1NC(=O)[C@H]1CCCO1. The smallest absolute Gasteiger partial charge is 0.478 e. The van der Waals surface area contributed by atoms with Gasteiger partial charge in [0.2, 0.25) is 0 Å². The van der Waals surface area contributed by atoms with E-state index in [9.17, 15) is 27.9 Å². The molecule has 1 heterocycles. The average molecular weight is 438 g/mol. The molecule has 0 saturated carbocycles. The van der Waals surface area contributed by atoms with Gasteiger partial charge in [-0.1, -0.05) is 6.07 Å². The number of aromatic carboxylic acids is 1. The number of hydrogen-bond donors (Lipinski definition) is 3. The van der Waals surface area contributed by atoms with Gasteiger partial charge in [-0.25, -0.2) is 4.79 Å². The van der Waals surface area contributed by atoms with Crippen molar-refractivity contribution in [2.45, 2.75) is 39.2 Å². The van der Waals surface area contributed by atoms with E-state index in [1.165, 1.54) is 12.1 Å². The summed E-state index contributed by atoms with van der Waals surface area (Å²) >= 11 is 0. The van der Waals surface area contributed by atoms with Crippen LogP contribution in [-0.4, -0.2) is 36.1 Å². The van der Waals surface area contributed by atoms with Crippen LogP contribution in [0.4, 0.5) is 30.2 Å². The van der Waals surface area contributed by atoms with Crippen molar-refractivity contribution in [2.75, 3.05) is 17.2 Å². The Morgan fingerprint density at radius 3 is 2.52 bits per heavy atom. The van der Waals surface area contributed by atoms with Crippen molar-refractivity contribution in [2.24, 2.45) is 0 Å². The van der Waals surface area contributed by atoms with Crippen LogP contribution < -0.4 is 15.4 Å². The van der Waals surface area contributed by atoms with Crippen LogP contribution in [0.5, 0.6) is 5.75 Å². The zero-order chi connectivity index (χ0) is 22.8. The molecular formula is C21H21F3N2O5. The summed E-state index contributed by atoms with van der Waals surface area (Å²) in [5.74, 6) is -2.10. The summed E-state index contributed by atoms with van der Waals surface area (Å²) in [4.78, 5) is 23.9. The predicted molar refractivity (Wildman–Crippen MR) is 107 cm³/mol. The second-order valence-electron chi connectivity index (χ2n) is 7.11. The first-order chi connectivity index (χ1) is 14.5. The number of halogens is 3. The molecule has 0 unspecified atom stereocenters. The zero-order valence-corrected chi connectivity index (χ0v) is 16.8. The Bertz CT molecular complexity index is 1000. The van der Waals surface area contributed by atoms with Gasteiger partial charge in [0.05, 0.1) is 16.9 Å². The lowest BCUT2D eigenvalue weighted by atomic mass is 10.0. The van der Waals surface area contributed by atoms with Crippen LogP contribution in [0, 0.1) is 13.8 Å². The molecule has 0 aromatic heterocycles. The van der Waals surface area contributed by atoms with Gasteiger partial charge in [0, 0.05) is 18.4 Å². The van der Waals surface area contributed by atoms with Crippen molar-refractivity contribution in [3.05, 3.63) is 47.0 Å². The molecule has 1 aliphatic heterocycles. The molecule has 1 amide bonds. The van der Waals surface area contributed by atoms with E-state index in [0.29, 0.717) is 30.7 Å². The first-order valence-electron chi connectivity index (χ1n) is 9.48. The molecule has 0 spiro atoms. The van der Waals surface area contributed by atoms with Crippen molar-refractivity contribution < 1.29 is 37.3 Å². The van der Waals surface area contributed by atoms with Crippen molar-refractivity contribution in [3.8, 4) is 5.75 Å².